The number of hydrogen-bond acceptors (Lipinski definition) is 4. The number of H-pyrrole nitrogens is 1. The van der Waals surface area contributed by atoms with Crippen LogP contribution in [0.1, 0.15) is 5.56 Å². The molecule has 25 heavy (non-hydrogen) atoms. The van der Waals surface area contributed by atoms with E-state index in [-0.39, 0.29) is 0 Å². The first-order chi connectivity index (χ1) is 12.2. The Morgan fingerprint density at radius 3 is 2.68 bits per heavy atom. The lowest BCUT2D eigenvalue weighted by Gasteiger charge is -2.08. The van der Waals surface area contributed by atoms with Crippen molar-refractivity contribution in [1.29, 1.82) is 0 Å². The van der Waals surface area contributed by atoms with Gasteiger partial charge in [0.25, 0.3) is 5.89 Å². The second-order valence-electron chi connectivity index (χ2n) is 6.42. The topological polar surface area (TPSA) is 58.0 Å². The highest BCUT2D eigenvalue weighted by Gasteiger charge is 2.13. The fourth-order valence-electron chi connectivity index (χ4n) is 2.90. The zero-order chi connectivity index (χ0) is 17.2. The lowest BCUT2D eigenvalue weighted by molar-refractivity contribution is 0.413. The van der Waals surface area contributed by atoms with Gasteiger partial charge in [-0.2, -0.15) is 4.98 Å². The number of aromatic nitrogens is 3. The van der Waals surface area contributed by atoms with Gasteiger partial charge in [0.05, 0.1) is 0 Å². The van der Waals surface area contributed by atoms with E-state index in [9.17, 15) is 0 Å². The van der Waals surface area contributed by atoms with Crippen LogP contribution >= 0.6 is 0 Å². The molecule has 1 N–H and O–H groups in total. The molecule has 0 aliphatic rings. The molecule has 0 fully saturated rings. The highest BCUT2D eigenvalue weighted by molar-refractivity contribution is 5.93. The number of likely N-dealkylation sites (N-methyl/N-ethyl adjacent to an activating group) is 1. The zero-order valence-electron chi connectivity index (χ0n) is 14.4. The van der Waals surface area contributed by atoms with Crippen LogP contribution in [-0.2, 0) is 6.42 Å². The van der Waals surface area contributed by atoms with Crippen LogP contribution in [0, 0.1) is 0 Å². The average molecular weight is 332 g/mol. The summed E-state index contributed by atoms with van der Waals surface area (Å²) < 4.78 is 5.49. The van der Waals surface area contributed by atoms with Crippen molar-refractivity contribution < 1.29 is 4.52 Å². The highest BCUT2D eigenvalue weighted by Crippen LogP contribution is 2.28. The fraction of sp³-hybridized carbons (Fsp3) is 0.200. The van der Waals surface area contributed by atoms with Crippen molar-refractivity contribution in [3.63, 3.8) is 0 Å². The maximum atomic E-state index is 5.49. The molecule has 0 unspecified atom stereocenters. The molecule has 0 aliphatic heterocycles. The molecule has 0 saturated carbocycles. The van der Waals surface area contributed by atoms with Crippen molar-refractivity contribution in [2.75, 3.05) is 20.6 Å². The van der Waals surface area contributed by atoms with Gasteiger partial charge in [0.2, 0.25) is 5.82 Å². The Labute approximate surface area is 146 Å². The summed E-state index contributed by atoms with van der Waals surface area (Å²) >= 11 is 0. The van der Waals surface area contributed by atoms with Gasteiger partial charge >= 0.3 is 0 Å². The lowest BCUT2D eigenvalue weighted by Crippen LogP contribution is -2.14. The monoisotopic (exact) mass is 332 g/mol. The largest absolute Gasteiger partial charge is 0.361 e. The van der Waals surface area contributed by atoms with Crippen molar-refractivity contribution in [2.24, 2.45) is 0 Å². The first kappa shape index (κ1) is 15.6. The van der Waals surface area contributed by atoms with Gasteiger partial charge in [-0.1, -0.05) is 29.4 Å². The van der Waals surface area contributed by atoms with Crippen LogP contribution in [0.3, 0.4) is 0 Å². The Morgan fingerprint density at radius 2 is 1.88 bits per heavy atom. The maximum Gasteiger partial charge on any atom is 0.258 e. The summed E-state index contributed by atoms with van der Waals surface area (Å²) in [6.07, 6.45) is 2.94. The predicted octanol–water partition coefficient (Wildman–Crippen LogP) is 3.99. The van der Waals surface area contributed by atoms with Crippen molar-refractivity contribution in [1.82, 2.24) is 20.0 Å². The van der Waals surface area contributed by atoms with Gasteiger partial charge in [-0.15, -0.1) is 0 Å². The molecule has 0 aliphatic carbocycles. The molecule has 4 aromatic rings. The minimum atomic E-state index is 0.543. The predicted molar refractivity (Wildman–Crippen MR) is 99.3 cm³/mol. The molecule has 4 rings (SSSR count). The highest BCUT2D eigenvalue weighted by atomic mass is 16.5. The van der Waals surface area contributed by atoms with Gasteiger partial charge in [-0.3, -0.25) is 0 Å². The third-order valence-corrected chi connectivity index (χ3v) is 4.31. The van der Waals surface area contributed by atoms with Crippen LogP contribution < -0.4 is 0 Å². The van der Waals surface area contributed by atoms with E-state index >= 15 is 0 Å². The molecule has 2 heterocycles. The minimum absolute atomic E-state index is 0.543. The average Bonchev–Trinajstić information content (AvgIpc) is 3.29. The second-order valence-corrected chi connectivity index (χ2v) is 6.42. The van der Waals surface area contributed by atoms with Gasteiger partial charge in [0.15, 0.2) is 0 Å². The van der Waals surface area contributed by atoms with Crippen LogP contribution in [0.2, 0.25) is 0 Å². The van der Waals surface area contributed by atoms with Gasteiger partial charge in [-0.05, 0) is 50.3 Å². The number of fused-ring (bicyclic) bond motifs is 1. The third kappa shape index (κ3) is 3.19. The molecule has 0 amide bonds. The first-order valence-corrected chi connectivity index (χ1v) is 8.35. The lowest BCUT2D eigenvalue weighted by atomic mass is 10.1. The van der Waals surface area contributed by atoms with E-state index in [4.69, 9.17) is 4.52 Å². The van der Waals surface area contributed by atoms with E-state index in [1.807, 2.05) is 42.6 Å². The van der Waals surface area contributed by atoms with E-state index in [1.165, 1.54) is 5.56 Å². The standard InChI is InChI=1S/C20H20N4O/c1-24(2)13-11-14-6-8-15(9-7-14)20-22-19(23-25-20)17-4-3-5-18-16(17)10-12-21-18/h3-10,12,21H,11,13H2,1-2H3. The van der Waals surface area contributed by atoms with Crippen molar-refractivity contribution in [2.45, 2.75) is 6.42 Å². The van der Waals surface area contributed by atoms with E-state index in [2.05, 4.69) is 46.3 Å². The summed E-state index contributed by atoms with van der Waals surface area (Å²) in [6, 6.07) is 16.4. The van der Waals surface area contributed by atoms with E-state index in [0.29, 0.717) is 11.7 Å². The summed E-state index contributed by atoms with van der Waals surface area (Å²) in [5.41, 5.74) is 4.27. The quantitative estimate of drug-likeness (QED) is 0.600. The Morgan fingerprint density at radius 1 is 1.04 bits per heavy atom. The number of nitrogens with one attached hydrogen (secondary N) is 1. The molecule has 0 bridgehead atoms. The van der Waals surface area contributed by atoms with Crippen LogP contribution in [0.25, 0.3) is 33.7 Å². The van der Waals surface area contributed by atoms with Crippen LogP contribution in [0.4, 0.5) is 0 Å². The number of hydrogen-bond donors (Lipinski definition) is 1. The number of benzene rings is 2. The second kappa shape index (κ2) is 6.53. The van der Waals surface area contributed by atoms with Crippen LogP contribution in [0.15, 0.2) is 59.3 Å². The summed E-state index contributed by atoms with van der Waals surface area (Å²) in [7, 11) is 4.17. The van der Waals surface area contributed by atoms with Crippen molar-refractivity contribution >= 4 is 10.9 Å². The van der Waals surface area contributed by atoms with Crippen molar-refractivity contribution in [3.05, 3.63) is 60.3 Å². The number of nitrogens with zero attached hydrogens (tertiary/aromatic N) is 3. The normalized spacial score (nSPS) is 11.5. The molecule has 0 saturated heterocycles. The molecule has 0 atom stereocenters. The Balaban J connectivity index is 1.60. The molecule has 126 valence electrons. The zero-order valence-corrected chi connectivity index (χ0v) is 14.4. The molecular formula is C20H20N4O. The number of rotatable bonds is 5. The molecule has 0 radical (unpaired) electrons. The van der Waals surface area contributed by atoms with Crippen LogP contribution in [-0.4, -0.2) is 40.7 Å². The summed E-state index contributed by atoms with van der Waals surface area (Å²) in [6.45, 7) is 1.03. The summed E-state index contributed by atoms with van der Waals surface area (Å²) in [5.74, 6) is 1.15. The van der Waals surface area contributed by atoms with E-state index < -0.39 is 0 Å². The molecule has 2 aromatic heterocycles. The maximum absolute atomic E-state index is 5.49. The molecular weight excluding hydrogens is 312 g/mol. The van der Waals surface area contributed by atoms with Gasteiger partial charge < -0.3 is 14.4 Å². The van der Waals surface area contributed by atoms with Gasteiger partial charge in [0, 0.05) is 34.8 Å². The van der Waals surface area contributed by atoms with E-state index in [0.717, 1.165) is 35.0 Å². The Kier molecular flexibility index (Phi) is 4.07. The van der Waals surface area contributed by atoms with E-state index in [1.54, 1.807) is 0 Å². The minimum Gasteiger partial charge on any atom is -0.361 e. The fourth-order valence-corrected chi connectivity index (χ4v) is 2.90. The molecule has 2 aromatic carbocycles. The Bertz CT molecular complexity index is 982. The molecule has 0 spiro atoms. The van der Waals surface area contributed by atoms with Crippen LogP contribution in [0.5, 0.6) is 0 Å². The van der Waals surface area contributed by atoms with Crippen molar-refractivity contribution in [3.8, 4) is 22.8 Å². The third-order valence-electron chi connectivity index (χ3n) is 4.31. The SMILES string of the molecule is CN(C)CCc1ccc(-c2nc(-c3cccc4[nH]ccc34)no2)cc1. The smallest absolute Gasteiger partial charge is 0.258 e. The summed E-state index contributed by atoms with van der Waals surface area (Å²) in [5, 5.41) is 5.26. The molecule has 5 nitrogen and oxygen atoms in total. The van der Waals surface area contributed by atoms with Gasteiger partial charge in [-0.25, -0.2) is 0 Å². The molecule has 5 heteroatoms. The van der Waals surface area contributed by atoms with Gasteiger partial charge in [0.1, 0.15) is 0 Å². The summed E-state index contributed by atoms with van der Waals surface area (Å²) in [4.78, 5) is 9.97. The Hall–Kier alpha value is -2.92. The number of aromatic amines is 1. The first-order valence-electron chi connectivity index (χ1n) is 8.35.